The molecule has 6 nitrogen and oxygen atoms in total. The van der Waals surface area contributed by atoms with E-state index in [-0.39, 0.29) is 11.9 Å². The van der Waals surface area contributed by atoms with Gasteiger partial charge in [0.2, 0.25) is 5.91 Å². The van der Waals surface area contributed by atoms with Gasteiger partial charge < -0.3 is 10.2 Å². The lowest BCUT2D eigenvalue weighted by atomic mass is 10.1. The number of hydrogen-bond donors (Lipinski definition) is 1. The first-order valence-corrected chi connectivity index (χ1v) is 6.87. The molecule has 1 aromatic heterocycles. The minimum atomic E-state index is -0.161. The first-order valence-electron chi connectivity index (χ1n) is 5.72. The molecule has 1 N–H and O–H groups in total. The lowest BCUT2D eigenvalue weighted by Gasteiger charge is -2.35. The Bertz CT molecular complexity index is 424. The van der Waals surface area contributed by atoms with E-state index in [1.54, 1.807) is 19.0 Å². The largest absolute Gasteiger partial charge is 0.347 e. The molecule has 1 aliphatic heterocycles. The highest BCUT2D eigenvalue weighted by atomic mass is 35.5. The molecular weight excluding hydrogens is 274 g/mol. The molecule has 1 saturated heterocycles. The van der Waals surface area contributed by atoms with Crippen LogP contribution in [0.5, 0.6) is 0 Å². The van der Waals surface area contributed by atoms with Crippen molar-refractivity contribution in [1.82, 2.24) is 24.7 Å². The molecule has 1 aromatic rings. The fraction of sp³-hybridized carbons (Fsp3) is 0.700. The van der Waals surface area contributed by atoms with Crippen molar-refractivity contribution in [2.45, 2.75) is 12.6 Å². The van der Waals surface area contributed by atoms with E-state index < -0.39 is 0 Å². The molecule has 0 saturated carbocycles. The Morgan fingerprint density at radius 1 is 1.67 bits per heavy atom. The molecule has 100 valence electrons. The Hall–Kier alpha value is -0.760. The van der Waals surface area contributed by atoms with Gasteiger partial charge in [0.1, 0.15) is 16.1 Å². The second-order valence-electron chi connectivity index (χ2n) is 4.42. The second-order valence-corrected chi connectivity index (χ2v) is 5.77. The fourth-order valence-corrected chi connectivity index (χ4v) is 2.57. The zero-order valence-corrected chi connectivity index (χ0v) is 12.0. The third kappa shape index (κ3) is 2.97. The summed E-state index contributed by atoms with van der Waals surface area (Å²) >= 11 is 7.18. The normalized spacial score (nSPS) is 20.9. The van der Waals surface area contributed by atoms with Crippen molar-refractivity contribution >= 4 is 29.0 Å². The second kappa shape index (κ2) is 5.92. The van der Waals surface area contributed by atoms with Gasteiger partial charge in [-0.05, 0) is 0 Å². The van der Waals surface area contributed by atoms with Gasteiger partial charge in [0, 0.05) is 51.8 Å². The van der Waals surface area contributed by atoms with E-state index in [1.807, 2.05) is 0 Å². The van der Waals surface area contributed by atoms with Crippen LogP contribution in [0.3, 0.4) is 0 Å². The maximum absolute atomic E-state index is 12.1. The SMILES string of the molecule is CN(C)C(=O)C1CNCCN1Cc1nnsc1Cl. The van der Waals surface area contributed by atoms with Gasteiger partial charge in [0.25, 0.3) is 0 Å². The molecule has 18 heavy (non-hydrogen) atoms. The third-order valence-electron chi connectivity index (χ3n) is 2.94. The maximum atomic E-state index is 12.1. The molecular formula is C10H16ClN5OS. The highest BCUT2D eigenvalue weighted by molar-refractivity contribution is 7.10. The minimum absolute atomic E-state index is 0.0986. The summed E-state index contributed by atoms with van der Waals surface area (Å²) in [7, 11) is 3.54. The molecule has 0 radical (unpaired) electrons. The molecule has 0 bridgehead atoms. The highest BCUT2D eigenvalue weighted by Crippen LogP contribution is 2.20. The predicted molar refractivity (Wildman–Crippen MR) is 70.7 cm³/mol. The maximum Gasteiger partial charge on any atom is 0.240 e. The summed E-state index contributed by atoms with van der Waals surface area (Å²) in [4.78, 5) is 15.8. The first-order chi connectivity index (χ1) is 8.59. The van der Waals surface area contributed by atoms with Crippen LogP contribution in [0.4, 0.5) is 0 Å². The fourth-order valence-electron chi connectivity index (χ4n) is 1.96. The number of likely N-dealkylation sites (N-methyl/N-ethyl adjacent to an activating group) is 1. The summed E-state index contributed by atoms with van der Waals surface area (Å²) in [6, 6.07) is -0.161. The van der Waals surface area contributed by atoms with Gasteiger partial charge in [-0.25, -0.2) is 0 Å². The van der Waals surface area contributed by atoms with E-state index in [4.69, 9.17) is 11.6 Å². The van der Waals surface area contributed by atoms with Crippen LogP contribution < -0.4 is 5.32 Å². The number of halogens is 1. The molecule has 1 fully saturated rings. The quantitative estimate of drug-likeness (QED) is 0.852. The molecule has 1 atom stereocenters. The molecule has 0 aromatic carbocycles. The number of aromatic nitrogens is 2. The molecule has 1 amide bonds. The molecule has 1 aliphatic rings. The Morgan fingerprint density at radius 3 is 3.06 bits per heavy atom. The topological polar surface area (TPSA) is 61.4 Å². The van der Waals surface area contributed by atoms with E-state index >= 15 is 0 Å². The monoisotopic (exact) mass is 289 g/mol. The number of nitrogens with one attached hydrogen (secondary N) is 1. The number of nitrogens with zero attached hydrogens (tertiary/aromatic N) is 4. The van der Waals surface area contributed by atoms with Gasteiger partial charge in [0.15, 0.2) is 0 Å². The van der Waals surface area contributed by atoms with Crippen LogP contribution >= 0.6 is 23.1 Å². The number of rotatable bonds is 3. The van der Waals surface area contributed by atoms with Gasteiger partial charge in [-0.15, -0.1) is 5.10 Å². The van der Waals surface area contributed by atoms with Gasteiger partial charge >= 0.3 is 0 Å². The van der Waals surface area contributed by atoms with Crippen LogP contribution in [-0.4, -0.2) is 65.1 Å². The molecule has 0 aliphatic carbocycles. The molecule has 8 heteroatoms. The van der Waals surface area contributed by atoms with Crippen LogP contribution in [0.25, 0.3) is 0 Å². The Morgan fingerprint density at radius 2 is 2.44 bits per heavy atom. The number of amides is 1. The predicted octanol–water partition coefficient (Wildman–Crippen LogP) is 0.0535. The van der Waals surface area contributed by atoms with E-state index in [0.717, 1.165) is 18.8 Å². The van der Waals surface area contributed by atoms with E-state index in [0.29, 0.717) is 17.4 Å². The van der Waals surface area contributed by atoms with Gasteiger partial charge in [0.05, 0.1) is 0 Å². The number of carbonyl (C=O) groups is 1. The van der Waals surface area contributed by atoms with Crippen molar-refractivity contribution < 1.29 is 4.79 Å². The van der Waals surface area contributed by atoms with Crippen molar-refractivity contribution in [1.29, 1.82) is 0 Å². The van der Waals surface area contributed by atoms with E-state index in [2.05, 4.69) is 19.8 Å². The number of hydrogen-bond acceptors (Lipinski definition) is 6. The summed E-state index contributed by atoms with van der Waals surface area (Å²) in [6.45, 7) is 2.90. The molecule has 1 unspecified atom stereocenters. The molecule has 0 spiro atoms. The Labute approximate surface area is 115 Å². The lowest BCUT2D eigenvalue weighted by molar-refractivity contribution is -0.135. The van der Waals surface area contributed by atoms with Crippen molar-refractivity contribution in [2.75, 3.05) is 33.7 Å². The van der Waals surface area contributed by atoms with Crippen molar-refractivity contribution in [3.05, 3.63) is 10.0 Å². The van der Waals surface area contributed by atoms with Crippen LogP contribution in [0, 0.1) is 0 Å². The van der Waals surface area contributed by atoms with Gasteiger partial charge in [-0.3, -0.25) is 9.69 Å². The minimum Gasteiger partial charge on any atom is -0.347 e. The van der Waals surface area contributed by atoms with Crippen molar-refractivity contribution in [2.24, 2.45) is 0 Å². The number of piperazine rings is 1. The Kier molecular flexibility index (Phi) is 4.50. The standard InChI is InChI=1S/C10H16ClN5OS/c1-15(2)10(17)8-5-12-3-4-16(8)6-7-9(11)18-14-13-7/h8,12H,3-6H2,1-2H3. The third-order valence-corrected chi connectivity index (χ3v) is 3.93. The summed E-state index contributed by atoms with van der Waals surface area (Å²) in [6.07, 6.45) is 0. The van der Waals surface area contributed by atoms with Crippen LogP contribution in [0.1, 0.15) is 5.69 Å². The van der Waals surface area contributed by atoms with Crippen molar-refractivity contribution in [3.63, 3.8) is 0 Å². The summed E-state index contributed by atoms with van der Waals surface area (Å²) < 4.78 is 4.42. The van der Waals surface area contributed by atoms with E-state index in [1.165, 1.54) is 11.5 Å². The average molecular weight is 290 g/mol. The summed E-state index contributed by atoms with van der Waals surface area (Å²) in [5.41, 5.74) is 0.750. The van der Waals surface area contributed by atoms with Crippen molar-refractivity contribution in [3.8, 4) is 0 Å². The highest BCUT2D eigenvalue weighted by Gasteiger charge is 2.30. The van der Waals surface area contributed by atoms with Crippen LogP contribution in [0.15, 0.2) is 0 Å². The zero-order valence-electron chi connectivity index (χ0n) is 10.4. The first kappa shape index (κ1) is 13.7. The Balaban J connectivity index is 2.09. The van der Waals surface area contributed by atoms with E-state index in [9.17, 15) is 4.79 Å². The lowest BCUT2D eigenvalue weighted by Crippen LogP contribution is -2.57. The molecule has 2 rings (SSSR count). The molecule has 2 heterocycles. The van der Waals surface area contributed by atoms with Crippen LogP contribution in [0.2, 0.25) is 4.34 Å². The number of carbonyl (C=O) groups excluding carboxylic acids is 1. The smallest absolute Gasteiger partial charge is 0.240 e. The zero-order chi connectivity index (χ0) is 13.1. The van der Waals surface area contributed by atoms with Gasteiger partial charge in [-0.1, -0.05) is 16.1 Å². The van der Waals surface area contributed by atoms with Gasteiger partial charge in [-0.2, -0.15) is 0 Å². The summed E-state index contributed by atoms with van der Waals surface area (Å²) in [5, 5.41) is 7.24. The average Bonchev–Trinajstić information content (AvgIpc) is 2.75. The summed E-state index contributed by atoms with van der Waals surface area (Å²) in [5.74, 6) is 0.0986. The van der Waals surface area contributed by atoms with Crippen LogP contribution in [-0.2, 0) is 11.3 Å².